The highest BCUT2D eigenvalue weighted by atomic mass is 16.5. The molecule has 0 saturated heterocycles. The monoisotopic (exact) mass is 658 g/mol. The van der Waals surface area contributed by atoms with Crippen LogP contribution < -0.4 is 0 Å². The third-order valence-electron chi connectivity index (χ3n) is 12.3. The SMILES string of the molecule is COC(=C1C2CC3CC1CC(OCCO)(C3)C2)c1cccc(C)c1.COC(=C1C2CC3CC1CC(OCCO)(C3)C2)c1cccc(O)c1. The molecule has 4 unspecified atom stereocenters. The van der Waals surface area contributed by atoms with E-state index in [0.29, 0.717) is 36.9 Å². The Morgan fingerprint density at radius 2 is 1.08 bits per heavy atom. The molecule has 3 N–H and O–H groups in total. The molecule has 2 aromatic rings. The van der Waals surface area contributed by atoms with Gasteiger partial charge < -0.3 is 34.3 Å². The lowest BCUT2D eigenvalue weighted by atomic mass is 9.52. The molecule has 4 atom stereocenters. The predicted octanol–water partition coefficient (Wildman–Crippen LogP) is 7.28. The van der Waals surface area contributed by atoms with E-state index in [1.54, 1.807) is 19.2 Å². The van der Waals surface area contributed by atoms with Gasteiger partial charge in [0.2, 0.25) is 0 Å². The van der Waals surface area contributed by atoms with Gasteiger partial charge in [-0.2, -0.15) is 0 Å². The van der Waals surface area contributed by atoms with Gasteiger partial charge in [-0.15, -0.1) is 0 Å². The second kappa shape index (κ2) is 13.8. The van der Waals surface area contributed by atoms with Crippen molar-refractivity contribution in [2.24, 2.45) is 35.5 Å². The first-order chi connectivity index (χ1) is 23.3. The maximum atomic E-state index is 9.82. The lowest BCUT2D eigenvalue weighted by Crippen LogP contribution is -2.53. The molecular formula is C41H54O7. The Hall–Kier alpha value is -2.84. The van der Waals surface area contributed by atoms with E-state index in [0.717, 1.165) is 61.0 Å². The van der Waals surface area contributed by atoms with Crippen LogP contribution in [0.1, 0.15) is 80.9 Å². The number of aryl methyl sites for hydroxylation is 1. The summed E-state index contributed by atoms with van der Waals surface area (Å²) in [5.74, 6) is 5.96. The number of allylic oxidation sites excluding steroid dienone is 2. The van der Waals surface area contributed by atoms with Crippen LogP contribution in [-0.4, -0.2) is 67.2 Å². The molecule has 7 heteroatoms. The molecule has 0 heterocycles. The summed E-state index contributed by atoms with van der Waals surface area (Å²) in [5, 5.41) is 28.1. The number of hydrogen-bond acceptors (Lipinski definition) is 7. The average Bonchev–Trinajstić information content (AvgIpc) is 3.06. The number of aromatic hydroxyl groups is 1. The first-order valence-electron chi connectivity index (χ1n) is 18.2. The van der Waals surface area contributed by atoms with Gasteiger partial charge in [-0.25, -0.2) is 0 Å². The van der Waals surface area contributed by atoms with Crippen LogP contribution in [0, 0.1) is 42.4 Å². The lowest BCUT2D eigenvalue weighted by Gasteiger charge is -2.57. The summed E-state index contributed by atoms with van der Waals surface area (Å²) in [4.78, 5) is 0. The molecule has 8 aliphatic carbocycles. The maximum absolute atomic E-state index is 9.82. The predicted molar refractivity (Wildman–Crippen MR) is 186 cm³/mol. The minimum absolute atomic E-state index is 0.00812. The van der Waals surface area contributed by atoms with Gasteiger partial charge >= 0.3 is 0 Å². The van der Waals surface area contributed by atoms with Crippen LogP contribution in [0.5, 0.6) is 5.75 Å². The van der Waals surface area contributed by atoms with Crippen molar-refractivity contribution in [2.45, 2.75) is 82.3 Å². The zero-order valence-corrected chi connectivity index (χ0v) is 29.0. The highest BCUT2D eigenvalue weighted by Gasteiger charge is 2.56. The number of phenols is 1. The van der Waals surface area contributed by atoms with E-state index in [2.05, 4.69) is 31.2 Å². The van der Waals surface area contributed by atoms with Gasteiger partial charge in [0.25, 0.3) is 0 Å². The van der Waals surface area contributed by atoms with Crippen LogP contribution in [0.15, 0.2) is 59.7 Å². The topological polar surface area (TPSA) is 97.6 Å². The zero-order valence-electron chi connectivity index (χ0n) is 29.0. The van der Waals surface area contributed by atoms with E-state index in [1.807, 2.05) is 19.2 Å². The van der Waals surface area contributed by atoms with Crippen LogP contribution in [0.3, 0.4) is 0 Å². The minimum Gasteiger partial charge on any atom is -0.508 e. The molecule has 0 amide bonds. The van der Waals surface area contributed by atoms with Crippen LogP contribution >= 0.6 is 0 Å². The third-order valence-corrected chi connectivity index (χ3v) is 12.3. The third kappa shape index (κ3) is 6.44. The standard InChI is InChI=1S/C21H28O3.C20H26O4/c1-14-4-3-5-16(8-14)20(23-2)19-17-9-15-10-18(19)13-21(11-15,12-17)24-7-6-22;1-23-19(14-3-2-4-17(22)9-14)18-15-7-13-8-16(18)12-20(10-13,11-15)24-6-5-21/h3-5,8,15,17-18,22H,6-7,9-13H2,1-2H3;2-4,9,13,15-16,21-22H,5-8,10-12H2,1H3. The maximum Gasteiger partial charge on any atom is 0.125 e. The van der Waals surface area contributed by atoms with Crippen molar-refractivity contribution in [1.29, 1.82) is 0 Å². The van der Waals surface area contributed by atoms with Crippen molar-refractivity contribution in [3.63, 3.8) is 0 Å². The summed E-state index contributed by atoms with van der Waals surface area (Å²) < 4.78 is 24.0. The van der Waals surface area contributed by atoms with Gasteiger partial charge in [-0.05, 0) is 136 Å². The fourth-order valence-corrected chi connectivity index (χ4v) is 11.3. The molecule has 2 aromatic carbocycles. The first kappa shape index (κ1) is 33.6. The van der Waals surface area contributed by atoms with Crippen molar-refractivity contribution in [1.82, 2.24) is 0 Å². The zero-order chi connectivity index (χ0) is 33.5. The Balaban J connectivity index is 0.000000152. The van der Waals surface area contributed by atoms with Crippen LogP contribution in [0.2, 0.25) is 0 Å². The molecule has 0 spiro atoms. The molecule has 8 bridgehead atoms. The molecule has 0 aromatic heterocycles. The summed E-state index contributed by atoms with van der Waals surface area (Å²) >= 11 is 0. The molecule has 0 aliphatic heterocycles. The smallest absolute Gasteiger partial charge is 0.125 e. The van der Waals surface area contributed by atoms with Crippen molar-refractivity contribution < 1.29 is 34.3 Å². The van der Waals surface area contributed by atoms with Gasteiger partial charge in [-0.1, -0.05) is 35.9 Å². The van der Waals surface area contributed by atoms with Crippen molar-refractivity contribution >= 4 is 11.5 Å². The number of benzene rings is 2. The summed E-state index contributed by atoms with van der Waals surface area (Å²) in [7, 11) is 3.54. The Bertz CT molecular complexity index is 1380. The molecule has 260 valence electrons. The second-order valence-electron chi connectivity index (χ2n) is 15.6. The molecule has 8 aliphatic rings. The van der Waals surface area contributed by atoms with Crippen LogP contribution in [-0.2, 0) is 18.9 Å². The Kier molecular flexibility index (Phi) is 9.69. The number of ether oxygens (including phenoxy) is 4. The van der Waals surface area contributed by atoms with E-state index in [1.165, 1.54) is 54.4 Å². The molecule has 7 nitrogen and oxygen atoms in total. The summed E-state index contributed by atoms with van der Waals surface area (Å²) in [5.41, 5.74) is 6.36. The summed E-state index contributed by atoms with van der Waals surface area (Å²) in [6.07, 6.45) is 11.5. The highest BCUT2D eigenvalue weighted by molar-refractivity contribution is 5.67. The Morgan fingerprint density at radius 3 is 1.48 bits per heavy atom. The number of aliphatic hydroxyl groups excluding tert-OH is 2. The van der Waals surface area contributed by atoms with E-state index >= 15 is 0 Å². The first-order valence-corrected chi connectivity index (χ1v) is 18.2. The fraction of sp³-hybridized carbons (Fsp3) is 0.610. The van der Waals surface area contributed by atoms with E-state index in [4.69, 9.17) is 29.2 Å². The van der Waals surface area contributed by atoms with E-state index < -0.39 is 0 Å². The minimum atomic E-state index is -0.0413. The van der Waals surface area contributed by atoms with Crippen LogP contribution in [0.4, 0.5) is 0 Å². The van der Waals surface area contributed by atoms with Gasteiger partial charge in [-0.3, -0.25) is 0 Å². The van der Waals surface area contributed by atoms with Gasteiger partial charge in [0.05, 0.1) is 51.8 Å². The lowest BCUT2D eigenvalue weighted by molar-refractivity contribution is -0.149. The van der Waals surface area contributed by atoms with Crippen molar-refractivity contribution in [2.75, 3.05) is 40.6 Å². The number of aliphatic hydroxyl groups is 2. The normalized spacial score (nSPS) is 33.8. The van der Waals surface area contributed by atoms with Crippen molar-refractivity contribution in [3.8, 4) is 5.75 Å². The summed E-state index contributed by atoms with van der Waals surface area (Å²) in [6, 6.07) is 16.0. The molecule has 0 radical (unpaired) electrons. The number of hydrogen-bond donors (Lipinski definition) is 3. The molecule has 8 fully saturated rings. The van der Waals surface area contributed by atoms with Crippen molar-refractivity contribution in [3.05, 3.63) is 76.4 Å². The molecular weight excluding hydrogens is 604 g/mol. The Morgan fingerprint density at radius 1 is 0.646 bits per heavy atom. The van der Waals surface area contributed by atoms with Gasteiger partial charge in [0.1, 0.15) is 17.3 Å². The Labute approximate surface area is 286 Å². The number of phenolic OH excluding ortho intramolecular Hbond substituents is 1. The number of rotatable bonds is 10. The van der Waals surface area contributed by atoms with Crippen LogP contribution in [0.25, 0.3) is 11.5 Å². The molecule has 8 saturated carbocycles. The largest absolute Gasteiger partial charge is 0.508 e. The molecule has 10 rings (SSSR count). The summed E-state index contributed by atoms with van der Waals surface area (Å²) in [6.45, 7) is 3.26. The van der Waals surface area contributed by atoms with E-state index in [-0.39, 0.29) is 30.2 Å². The number of methoxy groups -OCH3 is 2. The average molecular weight is 659 g/mol. The molecule has 48 heavy (non-hydrogen) atoms. The van der Waals surface area contributed by atoms with Gasteiger partial charge in [0, 0.05) is 11.1 Å². The fourth-order valence-electron chi connectivity index (χ4n) is 11.3. The second-order valence-corrected chi connectivity index (χ2v) is 15.6. The van der Waals surface area contributed by atoms with Gasteiger partial charge in [0.15, 0.2) is 0 Å². The van der Waals surface area contributed by atoms with E-state index in [9.17, 15) is 5.11 Å². The highest BCUT2D eigenvalue weighted by Crippen LogP contribution is 2.62. The quantitative estimate of drug-likeness (QED) is 0.231.